The minimum Gasteiger partial charge on any atom is -0.495 e. The maximum absolute atomic E-state index is 13.0. The van der Waals surface area contributed by atoms with Gasteiger partial charge in [-0.15, -0.1) is 0 Å². The van der Waals surface area contributed by atoms with Crippen LogP contribution in [-0.2, 0) is 6.42 Å². The van der Waals surface area contributed by atoms with Gasteiger partial charge < -0.3 is 15.0 Å². The number of rotatable bonds is 4. The molecule has 2 heterocycles. The first-order valence-corrected chi connectivity index (χ1v) is 8.95. The Labute approximate surface area is 158 Å². The summed E-state index contributed by atoms with van der Waals surface area (Å²) in [6.45, 7) is 2.06. The monoisotopic (exact) mass is 359 g/mol. The van der Waals surface area contributed by atoms with E-state index in [1.165, 1.54) is 5.56 Å². The number of carbonyl (C=O) groups excluding carboxylic acids is 1. The quantitative estimate of drug-likeness (QED) is 0.749. The van der Waals surface area contributed by atoms with Gasteiger partial charge in [-0.25, -0.2) is 4.98 Å². The van der Waals surface area contributed by atoms with Crippen molar-refractivity contribution in [3.05, 3.63) is 78.1 Å². The predicted octanol–water partition coefficient (Wildman–Crippen LogP) is 4.43. The number of pyridine rings is 1. The molecule has 1 aromatic heterocycles. The molecule has 1 unspecified atom stereocenters. The Bertz CT molecular complexity index is 969. The van der Waals surface area contributed by atoms with E-state index >= 15 is 0 Å². The third-order valence-corrected chi connectivity index (χ3v) is 4.79. The summed E-state index contributed by atoms with van der Waals surface area (Å²) in [5, 5.41) is 3.27. The lowest BCUT2D eigenvalue weighted by Gasteiger charge is -2.22. The molecule has 1 aliphatic heterocycles. The number of benzene rings is 2. The van der Waals surface area contributed by atoms with Crippen LogP contribution in [0.25, 0.3) is 0 Å². The average Bonchev–Trinajstić information content (AvgIpc) is 3.04. The van der Waals surface area contributed by atoms with Gasteiger partial charge in [-0.1, -0.05) is 30.3 Å². The van der Waals surface area contributed by atoms with Crippen LogP contribution < -0.4 is 15.0 Å². The molecule has 1 atom stereocenters. The molecule has 0 spiro atoms. The van der Waals surface area contributed by atoms with E-state index in [0.29, 0.717) is 5.69 Å². The minimum atomic E-state index is -0.0729. The molecular formula is C22H21N3O2. The number of nitrogens with one attached hydrogen (secondary N) is 1. The molecule has 5 nitrogen and oxygen atoms in total. The molecule has 3 aromatic rings. The predicted molar refractivity (Wildman–Crippen MR) is 107 cm³/mol. The fourth-order valence-electron chi connectivity index (χ4n) is 3.50. The zero-order valence-electron chi connectivity index (χ0n) is 15.3. The van der Waals surface area contributed by atoms with E-state index in [1.54, 1.807) is 19.4 Å². The summed E-state index contributed by atoms with van der Waals surface area (Å²) in [6.07, 6.45) is 2.54. The smallest absolute Gasteiger partial charge is 0.277 e. The van der Waals surface area contributed by atoms with Gasteiger partial charge in [0.15, 0.2) is 0 Å². The molecule has 0 fully saturated rings. The van der Waals surface area contributed by atoms with E-state index < -0.39 is 0 Å². The first-order chi connectivity index (χ1) is 13.2. The van der Waals surface area contributed by atoms with Crippen molar-refractivity contribution in [2.45, 2.75) is 19.4 Å². The standard InChI is InChI=1S/C22H21N3O2/c1-15-13-16-7-3-5-9-20(16)25(15)22(26)19-12-11-17(14-23-19)24-18-8-4-6-10-21(18)27-2/h3-12,14-15,24H,13H2,1-2H3. The van der Waals surface area contributed by atoms with Crippen LogP contribution >= 0.6 is 0 Å². The highest BCUT2D eigenvalue weighted by molar-refractivity contribution is 6.06. The topological polar surface area (TPSA) is 54.5 Å². The molecule has 4 rings (SSSR count). The zero-order valence-corrected chi connectivity index (χ0v) is 15.3. The van der Waals surface area contributed by atoms with Crippen molar-refractivity contribution < 1.29 is 9.53 Å². The number of fused-ring (bicyclic) bond motifs is 1. The number of ether oxygens (including phenoxy) is 1. The number of amides is 1. The molecule has 1 N–H and O–H groups in total. The van der Waals surface area contributed by atoms with Crippen molar-refractivity contribution in [2.24, 2.45) is 0 Å². The lowest BCUT2D eigenvalue weighted by Crippen LogP contribution is -2.36. The maximum Gasteiger partial charge on any atom is 0.277 e. The fraction of sp³-hybridized carbons (Fsp3) is 0.182. The molecule has 0 saturated carbocycles. The van der Waals surface area contributed by atoms with Gasteiger partial charge in [-0.3, -0.25) is 4.79 Å². The summed E-state index contributed by atoms with van der Waals surface area (Å²) < 4.78 is 5.35. The van der Waals surface area contributed by atoms with E-state index in [9.17, 15) is 4.79 Å². The fourth-order valence-corrected chi connectivity index (χ4v) is 3.50. The number of carbonyl (C=O) groups is 1. The van der Waals surface area contributed by atoms with Crippen molar-refractivity contribution in [3.8, 4) is 5.75 Å². The Morgan fingerprint density at radius 1 is 1.11 bits per heavy atom. The molecule has 27 heavy (non-hydrogen) atoms. The van der Waals surface area contributed by atoms with Gasteiger partial charge in [-0.2, -0.15) is 0 Å². The summed E-state index contributed by atoms with van der Waals surface area (Å²) >= 11 is 0. The average molecular weight is 359 g/mol. The summed E-state index contributed by atoms with van der Waals surface area (Å²) in [6, 6.07) is 19.5. The van der Waals surface area contributed by atoms with Crippen LogP contribution in [0, 0.1) is 0 Å². The number of nitrogens with zero attached hydrogens (tertiary/aromatic N) is 2. The van der Waals surface area contributed by atoms with Gasteiger partial charge in [0.2, 0.25) is 0 Å². The van der Waals surface area contributed by atoms with E-state index in [1.807, 2.05) is 53.4 Å². The number of hydrogen-bond acceptors (Lipinski definition) is 4. The molecule has 1 amide bonds. The van der Waals surface area contributed by atoms with Crippen LogP contribution in [0.2, 0.25) is 0 Å². The largest absolute Gasteiger partial charge is 0.495 e. The Balaban J connectivity index is 1.55. The summed E-state index contributed by atoms with van der Waals surface area (Å²) in [5.41, 5.74) is 4.26. The number of aromatic nitrogens is 1. The van der Waals surface area contributed by atoms with Gasteiger partial charge in [-0.05, 0) is 49.2 Å². The van der Waals surface area contributed by atoms with Gasteiger partial charge in [0.1, 0.15) is 11.4 Å². The van der Waals surface area contributed by atoms with Crippen LogP contribution in [-0.4, -0.2) is 24.0 Å². The highest BCUT2D eigenvalue weighted by atomic mass is 16.5. The first-order valence-electron chi connectivity index (χ1n) is 8.95. The van der Waals surface area contributed by atoms with E-state index in [2.05, 4.69) is 23.3 Å². The molecule has 0 saturated heterocycles. The molecule has 0 radical (unpaired) electrons. The van der Waals surface area contributed by atoms with E-state index in [0.717, 1.165) is 29.2 Å². The second kappa shape index (κ2) is 7.11. The Morgan fingerprint density at radius 3 is 2.67 bits per heavy atom. The normalized spacial score (nSPS) is 15.3. The number of hydrogen-bond donors (Lipinski definition) is 1. The molecule has 136 valence electrons. The second-order valence-electron chi connectivity index (χ2n) is 6.61. The van der Waals surface area contributed by atoms with Crippen molar-refractivity contribution in [1.29, 1.82) is 0 Å². The van der Waals surface area contributed by atoms with Crippen LogP contribution in [0.5, 0.6) is 5.75 Å². The zero-order chi connectivity index (χ0) is 18.8. The highest BCUT2D eigenvalue weighted by Gasteiger charge is 2.31. The molecule has 5 heteroatoms. The number of anilines is 3. The highest BCUT2D eigenvalue weighted by Crippen LogP contribution is 2.33. The van der Waals surface area contributed by atoms with Crippen molar-refractivity contribution >= 4 is 23.0 Å². The van der Waals surface area contributed by atoms with Gasteiger partial charge in [0.05, 0.1) is 24.7 Å². The van der Waals surface area contributed by atoms with Crippen LogP contribution in [0.3, 0.4) is 0 Å². The lowest BCUT2D eigenvalue weighted by molar-refractivity contribution is 0.0976. The third kappa shape index (κ3) is 3.24. The molecular weight excluding hydrogens is 338 g/mol. The van der Waals surface area contributed by atoms with E-state index in [4.69, 9.17) is 4.74 Å². The summed E-state index contributed by atoms with van der Waals surface area (Å²) in [5.74, 6) is 0.677. The van der Waals surface area contributed by atoms with Crippen LogP contribution in [0.15, 0.2) is 66.9 Å². The Kier molecular flexibility index (Phi) is 4.50. The maximum atomic E-state index is 13.0. The molecule has 0 bridgehead atoms. The Morgan fingerprint density at radius 2 is 1.89 bits per heavy atom. The summed E-state index contributed by atoms with van der Waals surface area (Å²) in [4.78, 5) is 19.2. The third-order valence-electron chi connectivity index (χ3n) is 4.79. The summed E-state index contributed by atoms with van der Waals surface area (Å²) in [7, 11) is 1.63. The van der Waals surface area contributed by atoms with Gasteiger partial charge in [0, 0.05) is 11.7 Å². The number of para-hydroxylation sites is 3. The van der Waals surface area contributed by atoms with Crippen molar-refractivity contribution in [2.75, 3.05) is 17.3 Å². The lowest BCUT2D eigenvalue weighted by atomic mass is 10.1. The van der Waals surface area contributed by atoms with E-state index in [-0.39, 0.29) is 11.9 Å². The first kappa shape index (κ1) is 17.1. The van der Waals surface area contributed by atoms with Gasteiger partial charge in [0.25, 0.3) is 5.91 Å². The van der Waals surface area contributed by atoms with Crippen LogP contribution in [0.1, 0.15) is 23.0 Å². The van der Waals surface area contributed by atoms with Gasteiger partial charge >= 0.3 is 0 Å². The molecule has 2 aromatic carbocycles. The number of methoxy groups -OCH3 is 1. The molecule has 1 aliphatic rings. The SMILES string of the molecule is COc1ccccc1Nc1ccc(C(=O)N2c3ccccc3CC2C)nc1. The molecule has 0 aliphatic carbocycles. The van der Waals surface area contributed by atoms with Crippen molar-refractivity contribution in [3.63, 3.8) is 0 Å². The second-order valence-corrected chi connectivity index (χ2v) is 6.61. The Hall–Kier alpha value is -3.34. The minimum absolute atomic E-state index is 0.0729. The van der Waals surface area contributed by atoms with Crippen LogP contribution in [0.4, 0.5) is 17.1 Å². The van der Waals surface area contributed by atoms with Crippen molar-refractivity contribution in [1.82, 2.24) is 4.98 Å².